The van der Waals surface area contributed by atoms with E-state index in [4.69, 9.17) is 88.6 Å². The molecule has 0 saturated carbocycles. The fourth-order valence-electron chi connectivity index (χ4n) is 6.79. The maximum absolute atomic E-state index is 13.1. The summed E-state index contributed by atoms with van der Waals surface area (Å²) in [5.74, 6) is 1.22. The number of para-hydroxylation sites is 2. The molecule has 0 atom stereocenters. The van der Waals surface area contributed by atoms with E-state index >= 15 is 0 Å². The minimum atomic E-state index is -2.18. The molecule has 58 heavy (non-hydrogen) atoms. The first-order valence-electron chi connectivity index (χ1n) is 19.5. The Labute approximate surface area is 371 Å². The van der Waals surface area contributed by atoms with Crippen molar-refractivity contribution < 1.29 is 28.5 Å². The van der Waals surface area contributed by atoms with Crippen LogP contribution in [-0.4, -0.2) is 45.8 Å². The normalized spacial score (nSPS) is 12.7. The quantitative estimate of drug-likeness (QED) is 0.108. The minimum Gasteiger partial charge on any atom is -0.493 e. The topological polar surface area (TPSA) is 95.1 Å². The highest BCUT2D eigenvalue weighted by Gasteiger charge is 2.33. The Kier molecular flexibility index (Phi) is 16.5. The molecule has 0 aromatic heterocycles. The molecule has 4 aromatic carbocycles. The predicted octanol–water partition coefficient (Wildman–Crippen LogP) is 12.1. The van der Waals surface area contributed by atoms with Gasteiger partial charge in [0.05, 0.1) is 26.4 Å². The van der Waals surface area contributed by atoms with Crippen LogP contribution in [0, 0.1) is 0 Å². The second kappa shape index (κ2) is 20.8. The summed E-state index contributed by atoms with van der Waals surface area (Å²) in [4.78, 5) is 26.1. The van der Waals surface area contributed by atoms with Crippen molar-refractivity contribution in [1.29, 1.82) is 0 Å². The predicted molar refractivity (Wildman–Crippen MR) is 238 cm³/mol. The van der Waals surface area contributed by atoms with E-state index in [1.165, 1.54) is 0 Å². The zero-order valence-corrected chi connectivity index (χ0v) is 37.5. The zero-order valence-electron chi connectivity index (χ0n) is 33.0. The third-order valence-corrected chi connectivity index (χ3v) is 10.2. The molecule has 2 amide bonds. The number of hydrogen-bond acceptors (Lipinski definition) is 6. The van der Waals surface area contributed by atoms with Gasteiger partial charge in [-0.25, -0.2) is 0 Å². The Morgan fingerprint density at radius 3 is 0.931 bits per heavy atom. The monoisotopic (exact) mass is 910 g/mol. The summed E-state index contributed by atoms with van der Waals surface area (Å²) in [6, 6.07) is 19.5. The highest BCUT2D eigenvalue weighted by Crippen LogP contribution is 2.42. The SMILES string of the molecule is CCCOc1c2cccc1Cc1cc(NC(=O)C(Cl)(Cl)Cl)cc(c1OCCC)Cc1cccc(c1OCCC)Cc1cc(NC(=O)C(Cl)(Cl)Cl)cc(c1OCCC)C2. The average Bonchev–Trinajstić information content (AvgIpc) is 3.15. The molecule has 1 aliphatic rings. The molecule has 1 aliphatic carbocycles. The number of anilines is 2. The van der Waals surface area contributed by atoms with Gasteiger partial charge in [0.15, 0.2) is 0 Å². The molecule has 5 rings (SSSR count). The van der Waals surface area contributed by atoms with Crippen LogP contribution < -0.4 is 29.6 Å². The van der Waals surface area contributed by atoms with Crippen molar-refractivity contribution in [3.05, 3.63) is 105 Å². The van der Waals surface area contributed by atoms with Gasteiger partial charge in [-0.3, -0.25) is 9.59 Å². The molecule has 312 valence electrons. The van der Waals surface area contributed by atoms with Gasteiger partial charge in [0.1, 0.15) is 23.0 Å². The van der Waals surface area contributed by atoms with Gasteiger partial charge in [0.2, 0.25) is 0 Å². The van der Waals surface area contributed by atoms with Crippen molar-refractivity contribution in [2.24, 2.45) is 0 Å². The van der Waals surface area contributed by atoms with Crippen molar-refractivity contribution in [2.45, 2.75) is 86.6 Å². The highest BCUT2D eigenvalue weighted by molar-refractivity contribution is 6.77. The Morgan fingerprint density at radius 1 is 0.466 bits per heavy atom. The molecule has 14 heteroatoms. The van der Waals surface area contributed by atoms with Crippen LogP contribution >= 0.6 is 69.6 Å². The van der Waals surface area contributed by atoms with Crippen molar-refractivity contribution in [1.82, 2.24) is 0 Å². The van der Waals surface area contributed by atoms with Gasteiger partial charge in [-0.05, 0) is 72.2 Å². The summed E-state index contributed by atoms with van der Waals surface area (Å²) in [5.41, 5.74) is 7.65. The first-order valence-corrected chi connectivity index (χ1v) is 21.7. The highest BCUT2D eigenvalue weighted by atomic mass is 35.6. The Balaban J connectivity index is 1.85. The Morgan fingerprint density at radius 2 is 0.707 bits per heavy atom. The molecule has 0 saturated heterocycles. The van der Waals surface area contributed by atoms with Gasteiger partial charge >= 0.3 is 0 Å². The molecule has 0 spiro atoms. The van der Waals surface area contributed by atoms with E-state index in [-0.39, 0.29) is 0 Å². The lowest BCUT2D eigenvalue weighted by Gasteiger charge is -2.24. The molecule has 0 unspecified atom stereocenters. The first-order chi connectivity index (χ1) is 27.7. The van der Waals surface area contributed by atoms with E-state index in [0.29, 0.717) is 86.5 Å². The number of carbonyl (C=O) groups is 2. The number of fused-ring (bicyclic) bond motifs is 8. The van der Waals surface area contributed by atoms with E-state index in [1.54, 1.807) is 0 Å². The second-order valence-corrected chi connectivity index (χ2v) is 18.6. The third kappa shape index (κ3) is 11.9. The summed E-state index contributed by atoms with van der Waals surface area (Å²) in [5, 5.41) is 5.62. The average molecular weight is 914 g/mol. The summed E-state index contributed by atoms with van der Waals surface area (Å²) < 4.78 is 21.9. The fourth-order valence-corrected chi connectivity index (χ4v) is 7.08. The lowest BCUT2D eigenvalue weighted by molar-refractivity contribution is -0.116. The lowest BCUT2D eigenvalue weighted by Crippen LogP contribution is -2.27. The molecule has 0 fully saturated rings. The van der Waals surface area contributed by atoms with Crippen molar-refractivity contribution in [2.75, 3.05) is 37.1 Å². The number of carbonyl (C=O) groups excluding carboxylic acids is 2. The first kappa shape index (κ1) is 45.8. The van der Waals surface area contributed by atoms with Crippen LogP contribution in [0.5, 0.6) is 23.0 Å². The minimum absolute atomic E-state index is 0.374. The van der Waals surface area contributed by atoms with E-state index in [9.17, 15) is 9.59 Å². The third-order valence-electron chi connectivity index (χ3n) is 9.20. The summed E-state index contributed by atoms with van der Waals surface area (Å²) in [7, 11) is 0. The van der Waals surface area contributed by atoms with Crippen LogP contribution in [0.2, 0.25) is 0 Å². The molecule has 8 bridgehead atoms. The number of nitrogens with one attached hydrogen (secondary N) is 2. The number of alkyl halides is 6. The maximum atomic E-state index is 13.1. The van der Waals surface area contributed by atoms with Crippen LogP contribution in [0.3, 0.4) is 0 Å². The van der Waals surface area contributed by atoms with Crippen molar-refractivity contribution >= 4 is 92.8 Å². The molecule has 0 aliphatic heterocycles. The summed E-state index contributed by atoms with van der Waals surface area (Å²) in [6.45, 7) is 10.1. The van der Waals surface area contributed by atoms with Gasteiger partial charge < -0.3 is 29.6 Å². The molecule has 8 nitrogen and oxygen atoms in total. The van der Waals surface area contributed by atoms with E-state index in [0.717, 1.165) is 70.2 Å². The summed E-state index contributed by atoms with van der Waals surface area (Å²) in [6.07, 6.45) is 4.59. The lowest BCUT2D eigenvalue weighted by atomic mass is 9.90. The van der Waals surface area contributed by atoms with Gasteiger partial charge in [0, 0.05) is 59.3 Å². The van der Waals surface area contributed by atoms with Crippen LogP contribution in [0.15, 0.2) is 60.7 Å². The fraction of sp³-hybridized carbons (Fsp3) is 0.409. The van der Waals surface area contributed by atoms with Gasteiger partial charge in [-0.15, -0.1) is 0 Å². The van der Waals surface area contributed by atoms with Gasteiger partial charge in [0.25, 0.3) is 19.4 Å². The number of benzene rings is 4. The standard InChI is InChI=1S/C44H48Cl6N2O6/c1-5-15-55-37-27-11-9-12-28(37)20-32-24-36(52-42(54)44(48,49)50)26-34(40(32)58-18-8-4)22-30-14-10-13-29(38(30)56-16-6-2)21-33-25-35(51-41(53)43(45,46)47)23-31(19-27)39(33)57-17-7-3/h9-14,23-26H,5-8,15-22H2,1-4H3,(H,51,53)(H,52,54). The smallest absolute Gasteiger partial charge is 0.276 e. The van der Waals surface area contributed by atoms with Crippen LogP contribution in [0.25, 0.3) is 0 Å². The van der Waals surface area contributed by atoms with Crippen LogP contribution in [0.4, 0.5) is 11.4 Å². The largest absolute Gasteiger partial charge is 0.493 e. The number of hydrogen-bond donors (Lipinski definition) is 2. The van der Waals surface area contributed by atoms with Gasteiger partial charge in [-0.1, -0.05) is 134 Å². The van der Waals surface area contributed by atoms with Crippen LogP contribution in [0.1, 0.15) is 97.9 Å². The van der Waals surface area contributed by atoms with E-state index < -0.39 is 19.4 Å². The Bertz CT molecular complexity index is 1840. The molecule has 4 aromatic rings. The molecule has 0 radical (unpaired) electrons. The van der Waals surface area contributed by atoms with Crippen molar-refractivity contribution in [3.8, 4) is 23.0 Å². The molecular formula is C44H48Cl6N2O6. The number of rotatable bonds is 14. The van der Waals surface area contributed by atoms with Gasteiger partial charge in [-0.2, -0.15) is 0 Å². The number of ether oxygens (including phenoxy) is 4. The number of amides is 2. The summed E-state index contributed by atoms with van der Waals surface area (Å²) >= 11 is 36.2. The van der Waals surface area contributed by atoms with E-state index in [2.05, 4.69) is 24.5 Å². The van der Waals surface area contributed by atoms with E-state index in [1.807, 2.05) is 74.5 Å². The maximum Gasteiger partial charge on any atom is 0.276 e. The molecule has 0 heterocycles. The zero-order chi connectivity index (χ0) is 42.0. The number of halogens is 6. The molecule has 2 N–H and O–H groups in total. The molecular weight excluding hydrogens is 865 g/mol. The Hall–Kier alpha value is -3.24. The van der Waals surface area contributed by atoms with Crippen molar-refractivity contribution in [3.63, 3.8) is 0 Å². The van der Waals surface area contributed by atoms with Crippen LogP contribution in [-0.2, 0) is 35.3 Å². The second-order valence-electron chi connectivity index (χ2n) is 14.1.